The number of carboxylic acids is 1. The fourth-order valence-electron chi connectivity index (χ4n) is 5.58. The second-order valence-corrected chi connectivity index (χ2v) is 13.4. The number of aromatic nitrogens is 1. The number of carbonyl (C=O) groups is 1. The molecule has 7 rings (SSSR count). The van der Waals surface area contributed by atoms with Crippen molar-refractivity contribution in [3.8, 4) is 40.4 Å². The first-order valence-corrected chi connectivity index (χ1v) is 16.0. The number of aliphatic carboxylic acids is 1. The second-order valence-electron chi connectivity index (χ2n) is 10.2. The van der Waals surface area contributed by atoms with Gasteiger partial charge in [0, 0.05) is 53.2 Å². The molecular weight excluding hydrogens is 553 g/mol. The van der Waals surface area contributed by atoms with Gasteiger partial charge in [0.05, 0.1) is 6.42 Å². The quantitative estimate of drug-likeness (QED) is 0.168. The van der Waals surface area contributed by atoms with Gasteiger partial charge in [0.15, 0.2) is 0 Å². The van der Waals surface area contributed by atoms with Gasteiger partial charge >= 0.3 is 5.97 Å². The molecule has 0 atom stereocenters. The average molecular weight is 581 g/mol. The largest absolute Gasteiger partial charge is 0.481 e. The first-order chi connectivity index (χ1) is 19.6. The maximum absolute atomic E-state index is 11.7. The maximum Gasteiger partial charge on any atom is 0.307 e. The molecule has 4 nitrogen and oxygen atoms in total. The Morgan fingerprint density at radius 3 is 2.33 bits per heavy atom. The lowest BCUT2D eigenvalue weighted by Gasteiger charge is -2.05. The lowest BCUT2D eigenvalue weighted by molar-refractivity contribution is -0.136. The molecular formula is C33H28N2O2S3. The van der Waals surface area contributed by atoms with Crippen molar-refractivity contribution < 1.29 is 9.90 Å². The van der Waals surface area contributed by atoms with Gasteiger partial charge < -0.3 is 15.4 Å². The van der Waals surface area contributed by atoms with Crippen molar-refractivity contribution in [2.24, 2.45) is 0 Å². The Morgan fingerprint density at radius 2 is 1.55 bits per heavy atom. The number of thiophene rings is 3. The number of nitrogens with one attached hydrogen (secondary N) is 2. The van der Waals surface area contributed by atoms with E-state index in [-0.39, 0.29) is 6.42 Å². The SMILES string of the molecule is CCCc1cc(-c2ccc(-c3cc(CC(=O)O)c(-c4ccc5[nH]ccc5c4)s3)s2)sc1-c1ccc2c(c1)CCN2. The molecule has 0 fully saturated rings. The molecule has 5 heterocycles. The third-order valence-corrected chi connectivity index (χ3v) is 11.4. The fraction of sp³-hybridized carbons (Fsp3) is 0.182. The van der Waals surface area contributed by atoms with E-state index in [1.165, 1.54) is 41.9 Å². The zero-order valence-electron chi connectivity index (χ0n) is 22.0. The van der Waals surface area contributed by atoms with Crippen molar-refractivity contribution in [3.63, 3.8) is 0 Å². The molecule has 0 unspecified atom stereocenters. The molecule has 40 heavy (non-hydrogen) atoms. The van der Waals surface area contributed by atoms with E-state index in [0.29, 0.717) is 0 Å². The molecule has 0 aliphatic carbocycles. The molecule has 0 radical (unpaired) electrons. The van der Waals surface area contributed by atoms with E-state index >= 15 is 0 Å². The van der Waals surface area contributed by atoms with Gasteiger partial charge in [-0.25, -0.2) is 0 Å². The van der Waals surface area contributed by atoms with E-state index in [1.54, 1.807) is 22.7 Å². The highest BCUT2D eigenvalue weighted by molar-refractivity contribution is 7.28. The Morgan fingerprint density at radius 1 is 0.825 bits per heavy atom. The number of aromatic amines is 1. The van der Waals surface area contributed by atoms with Gasteiger partial charge in [-0.3, -0.25) is 4.79 Å². The molecule has 2 aromatic carbocycles. The summed E-state index contributed by atoms with van der Waals surface area (Å²) in [5.74, 6) is -0.808. The minimum atomic E-state index is -0.808. The molecule has 6 aromatic rings. The zero-order chi connectivity index (χ0) is 27.2. The maximum atomic E-state index is 11.7. The fourth-order valence-corrected chi connectivity index (χ4v) is 9.13. The molecule has 0 bridgehead atoms. The summed E-state index contributed by atoms with van der Waals surface area (Å²) in [6.07, 6.45) is 5.22. The van der Waals surface area contributed by atoms with Crippen LogP contribution in [-0.2, 0) is 24.1 Å². The van der Waals surface area contributed by atoms with Gasteiger partial charge in [0.2, 0.25) is 0 Å². The highest BCUT2D eigenvalue weighted by atomic mass is 32.1. The summed E-state index contributed by atoms with van der Waals surface area (Å²) in [5.41, 5.74) is 8.43. The first kappa shape index (κ1) is 25.3. The van der Waals surface area contributed by atoms with Crippen molar-refractivity contribution in [1.82, 2.24) is 4.98 Å². The smallest absolute Gasteiger partial charge is 0.307 e. The number of benzene rings is 2. The van der Waals surface area contributed by atoms with Crippen LogP contribution >= 0.6 is 34.0 Å². The summed E-state index contributed by atoms with van der Waals surface area (Å²) in [4.78, 5) is 22.2. The van der Waals surface area contributed by atoms with Gasteiger partial charge in [-0.05, 0) is 101 Å². The average Bonchev–Trinajstić information content (AvgIpc) is 3.77. The number of fused-ring (bicyclic) bond motifs is 2. The van der Waals surface area contributed by atoms with Gasteiger partial charge in [-0.1, -0.05) is 25.5 Å². The highest BCUT2D eigenvalue weighted by Gasteiger charge is 2.19. The Kier molecular flexibility index (Phi) is 6.58. The van der Waals surface area contributed by atoms with Crippen molar-refractivity contribution in [1.29, 1.82) is 0 Å². The number of H-pyrrole nitrogens is 1. The Balaban J connectivity index is 1.24. The third-order valence-electron chi connectivity index (χ3n) is 7.46. The van der Waals surface area contributed by atoms with Crippen molar-refractivity contribution in [2.75, 3.05) is 11.9 Å². The minimum Gasteiger partial charge on any atom is -0.481 e. The van der Waals surface area contributed by atoms with E-state index in [0.717, 1.165) is 57.6 Å². The van der Waals surface area contributed by atoms with Crippen molar-refractivity contribution >= 4 is 56.6 Å². The molecule has 7 heteroatoms. The van der Waals surface area contributed by atoms with Crippen LogP contribution in [0.1, 0.15) is 30.0 Å². The van der Waals surface area contributed by atoms with E-state index in [2.05, 4.69) is 84.0 Å². The Bertz CT molecular complexity index is 1870. The van der Waals surface area contributed by atoms with E-state index in [4.69, 9.17) is 0 Å². The Labute approximate surface area is 245 Å². The summed E-state index contributed by atoms with van der Waals surface area (Å²) in [7, 11) is 0. The lowest BCUT2D eigenvalue weighted by atomic mass is 10.0. The highest BCUT2D eigenvalue weighted by Crippen LogP contribution is 2.46. The third kappa shape index (κ3) is 4.68. The van der Waals surface area contributed by atoms with Crippen LogP contribution in [0.5, 0.6) is 0 Å². The van der Waals surface area contributed by atoms with E-state index < -0.39 is 5.97 Å². The molecule has 0 amide bonds. The van der Waals surface area contributed by atoms with Crippen LogP contribution in [0.4, 0.5) is 5.69 Å². The predicted octanol–water partition coefficient (Wildman–Crippen LogP) is 9.57. The molecule has 4 aromatic heterocycles. The topological polar surface area (TPSA) is 65.1 Å². The summed E-state index contributed by atoms with van der Waals surface area (Å²) in [6.45, 7) is 3.27. The normalized spacial score (nSPS) is 12.6. The number of anilines is 1. The number of hydrogen-bond acceptors (Lipinski definition) is 5. The van der Waals surface area contributed by atoms with Gasteiger partial charge in [-0.2, -0.15) is 0 Å². The summed E-state index contributed by atoms with van der Waals surface area (Å²) < 4.78 is 0. The summed E-state index contributed by atoms with van der Waals surface area (Å²) >= 11 is 5.37. The van der Waals surface area contributed by atoms with E-state index in [1.807, 2.05) is 17.5 Å². The van der Waals surface area contributed by atoms with Crippen LogP contribution < -0.4 is 5.32 Å². The molecule has 0 saturated carbocycles. The lowest BCUT2D eigenvalue weighted by Crippen LogP contribution is -1.99. The Hall–Kier alpha value is -3.65. The predicted molar refractivity (Wildman–Crippen MR) is 171 cm³/mol. The molecule has 3 N–H and O–H groups in total. The number of rotatable bonds is 8. The van der Waals surface area contributed by atoms with Crippen LogP contribution in [-0.4, -0.2) is 22.6 Å². The standard InChI is InChI=1S/C33H28N2O2S3/c1-2-3-21-16-29(39-32(21)22-4-6-25-19(14-22)10-12-34-25)27-8-9-28(38-27)30-17-24(18-31(36)37)33(40-30)23-5-7-26-20(15-23)11-13-35-26/h4-9,11,13-17,34-35H,2-3,10,12,18H2,1H3,(H,36,37). The van der Waals surface area contributed by atoms with Gasteiger partial charge in [0.25, 0.3) is 0 Å². The van der Waals surface area contributed by atoms with Gasteiger partial charge in [0.1, 0.15) is 0 Å². The molecule has 200 valence electrons. The molecule has 0 spiro atoms. The minimum absolute atomic E-state index is 0.0141. The van der Waals surface area contributed by atoms with Crippen molar-refractivity contribution in [2.45, 2.75) is 32.6 Å². The zero-order valence-corrected chi connectivity index (χ0v) is 24.5. The van der Waals surface area contributed by atoms with Crippen LogP contribution in [0.2, 0.25) is 0 Å². The van der Waals surface area contributed by atoms with Crippen molar-refractivity contribution in [3.05, 3.63) is 89.6 Å². The molecule has 1 aliphatic heterocycles. The second kappa shape index (κ2) is 10.4. The summed E-state index contributed by atoms with van der Waals surface area (Å²) in [5, 5.41) is 14.2. The summed E-state index contributed by atoms with van der Waals surface area (Å²) in [6, 6.07) is 24.1. The molecule has 1 aliphatic rings. The molecule has 0 saturated heterocycles. The van der Waals surface area contributed by atoms with Crippen LogP contribution in [0.25, 0.3) is 51.3 Å². The number of aryl methyl sites for hydroxylation is 1. The number of carboxylic acid groups (broad SMARTS) is 1. The van der Waals surface area contributed by atoms with E-state index in [9.17, 15) is 9.90 Å². The van der Waals surface area contributed by atoms with Crippen LogP contribution in [0, 0.1) is 0 Å². The van der Waals surface area contributed by atoms with Crippen LogP contribution in [0.3, 0.4) is 0 Å². The van der Waals surface area contributed by atoms with Crippen LogP contribution in [0.15, 0.2) is 72.9 Å². The monoisotopic (exact) mass is 580 g/mol. The first-order valence-electron chi connectivity index (χ1n) is 13.6. The number of hydrogen-bond donors (Lipinski definition) is 3. The van der Waals surface area contributed by atoms with Gasteiger partial charge in [-0.15, -0.1) is 34.0 Å².